The highest BCUT2D eigenvalue weighted by atomic mass is 35.5. The first-order valence-electron chi connectivity index (χ1n) is 28.4. The third-order valence-electron chi connectivity index (χ3n) is 13.7. The molecule has 8 rings (SSSR count). The molecular formula is C63H85ClF2N6O7S2. The number of halogens is 3. The number of ether oxygens (including phenoxy) is 1. The van der Waals surface area contributed by atoms with Gasteiger partial charge in [-0.15, -0.1) is 11.3 Å². The van der Waals surface area contributed by atoms with E-state index in [0.29, 0.717) is 90.2 Å². The van der Waals surface area contributed by atoms with E-state index in [2.05, 4.69) is 37.1 Å². The molecule has 2 saturated heterocycles. The zero-order valence-electron chi connectivity index (χ0n) is 49.8. The molecule has 2 fully saturated rings. The number of aldehydes is 2. The number of carbonyl (C=O) groups is 4. The summed E-state index contributed by atoms with van der Waals surface area (Å²) >= 11 is 8.34. The van der Waals surface area contributed by atoms with Crippen LogP contribution in [0.25, 0.3) is 32.3 Å². The van der Waals surface area contributed by atoms with Gasteiger partial charge >= 0.3 is 11.2 Å². The fourth-order valence-corrected chi connectivity index (χ4v) is 12.2. The predicted molar refractivity (Wildman–Crippen MR) is 334 cm³/mol. The third kappa shape index (κ3) is 16.2. The van der Waals surface area contributed by atoms with Crippen LogP contribution in [0.1, 0.15) is 172 Å². The summed E-state index contributed by atoms with van der Waals surface area (Å²) in [5.41, 5.74) is 2.31. The molecule has 2 unspecified atom stereocenters. The fraction of sp³-hybridized carbons (Fsp3) is 0.476. The molecule has 0 saturated carbocycles. The van der Waals surface area contributed by atoms with Gasteiger partial charge in [-0.1, -0.05) is 130 Å². The van der Waals surface area contributed by atoms with Crippen LogP contribution in [0.3, 0.4) is 0 Å². The van der Waals surface area contributed by atoms with Gasteiger partial charge in [0.05, 0.1) is 4.88 Å². The lowest BCUT2D eigenvalue weighted by Gasteiger charge is -2.46. The number of anilines is 3. The Balaban J connectivity index is 0.00000149. The summed E-state index contributed by atoms with van der Waals surface area (Å²) in [5.74, 6) is -1.19. The van der Waals surface area contributed by atoms with E-state index in [1.54, 1.807) is 16.4 Å². The summed E-state index contributed by atoms with van der Waals surface area (Å²) in [6, 6.07) is 21.6. The van der Waals surface area contributed by atoms with Crippen LogP contribution in [0.4, 0.5) is 26.2 Å². The van der Waals surface area contributed by atoms with Crippen molar-refractivity contribution in [3.8, 4) is 16.2 Å². The number of carbonyl (C=O) groups excluding carboxylic acids is 3. The average Bonchev–Trinajstić information content (AvgIpc) is 4.04. The number of carboxylic acid groups (broad SMARTS) is 1. The van der Waals surface area contributed by atoms with Crippen molar-refractivity contribution in [2.24, 2.45) is 0 Å². The second kappa shape index (κ2) is 30.9. The monoisotopic (exact) mass is 1170 g/mol. The van der Waals surface area contributed by atoms with Crippen LogP contribution in [-0.4, -0.2) is 88.8 Å². The van der Waals surface area contributed by atoms with E-state index in [0.717, 1.165) is 64.6 Å². The Labute approximate surface area is 492 Å². The van der Waals surface area contributed by atoms with Crippen molar-refractivity contribution in [1.82, 2.24) is 14.6 Å². The standard InChI is InChI=1S/C54H59ClF2N6O7S2.C3H8.3C2H6/c1-8-12-42(49(66)58-9-2)61(7)41-19-18-38(39-16-11-14-34(30-64)45(39)41)32-21-24-62(25-22-32)51-60-40-28-35(17-20-43(40)69-51)54(56,57)72-63-26-23-37(29-52(63,3)4)59-36-15-10-13-33(27-36)48-46(55)47(44(31-65)71-48)70-53(5,6)50(67)68;1-3-2;3*1-2/h9-11,13-20,27-28,30-32,37,42,59H,2,8,12,21-26,29H2,1,3-7H3,(H,58,66)(H,67,68);3H2,1-2H3;3*1-2H3. The number of fused-ring (bicyclic) bond motifs is 2. The lowest BCUT2D eigenvalue weighted by Crippen LogP contribution is -2.50. The minimum atomic E-state index is -3.27. The van der Waals surface area contributed by atoms with Crippen LogP contribution in [0.15, 0.2) is 90.0 Å². The van der Waals surface area contributed by atoms with Gasteiger partial charge in [-0.2, -0.15) is 13.8 Å². The molecule has 0 bridgehead atoms. The number of aromatic nitrogens is 1. The minimum Gasteiger partial charge on any atom is -0.478 e. The smallest absolute Gasteiger partial charge is 0.347 e. The second-order valence-corrected chi connectivity index (χ2v) is 22.8. The summed E-state index contributed by atoms with van der Waals surface area (Å²) in [7, 11) is 1.88. The Bertz CT molecular complexity index is 3050. The highest BCUT2D eigenvalue weighted by Crippen LogP contribution is 2.49. The lowest BCUT2D eigenvalue weighted by atomic mass is 9.85. The Morgan fingerprint density at radius 1 is 0.975 bits per heavy atom. The zero-order chi connectivity index (χ0) is 60.4. The number of piperidine rings is 2. The second-order valence-electron chi connectivity index (χ2n) is 20.2. The van der Waals surface area contributed by atoms with Gasteiger partial charge in [0.2, 0.25) is 5.91 Å². The first kappa shape index (κ1) is 67.5. The van der Waals surface area contributed by atoms with Gasteiger partial charge in [-0.3, -0.25) is 14.4 Å². The van der Waals surface area contributed by atoms with Gasteiger partial charge in [0.25, 0.3) is 6.01 Å². The molecule has 4 aromatic carbocycles. The number of carboxylic acids is 1. The third-order valence-corrected chi connectivity index (χ3v) is 16.7. The van der Waals surface area contributed by atoms with Gasteiger partial charge in [-0.05, 0) is 125 Å². The van der Waals surface area contributed by atoms with Gasteiger partial charge < -0.3 is 34.7 Å². The minimum absolute atomic E-state index is 0.0177. The Kier molecular flexibility index (Phi) is 25.7. The number of likely N-dealkylation sites (N-methyl/N-ethyl adjacent to an activating group) is 1. The molecule has 2 aliphatic heterocycles. The topological polar surface area (TPSA) is 158 Å². The van der Waals surface area contributed by atoms with Crippen LogP contribution >= 0.6 is 34.9 Å². The number of alkyl halides is 2. The molecule has 1 amide bonds. The normalized spacial score (nSPS) is 15.7. The molecule has 3 N–H and O–H groups in total. The molecule has 0 radical (unpaired) electrons. The summed E-state index contributed by atoms with van der Waals surface area (Å²) in [6.45, 7) is 30.2. The summed E-state index contributed by atoms with van der Waals surface area (Å²) < 4.78 is 46.3. The van der Waals surface area contributed by atoms with Crippen molar-refractivity contribution in [3.05, 3.63) is 112 Å². The Morgan fingerprint density at radius 3 is 2.25 bits per heavy atom. The molecule has 2 aromatic heterocycles. The van der Waals surface area contributed by atoms with Crippen LogP contribution in [0, 0.1) is 0 Å². The molecule has 2 aliphatic rings. The molecule has 442 valence electrons. The number of nitrogens with one attached hydrogen (secondary N) is 2. The van der Waals surface area contributed by atoms with E-state index in [-0.39, 0.29) is 39.1 Å². The number of aliphatic carboxylic acids is 1. The fourth-order valence-electron chi connectivity index (χ4n) is 9.86. The SMILES string of the molecule is C=CNC(=O)C(CCC)N(C)c1ccc(C2CCN(c3nc4cc(C(F)(F)SN5CCC(Nc6cccc(-c7sc(C=O)c(OC(C)(C)C(=O)O)c7Cl)c6)CC5(C)C)ccc4o3)CC2)c2cccc(C=O)c12.CC.CC.CC.CCC. The highest BCUT2D eigenvalue weighted by Gasteiger charge is 2.44. The average molecular weight is 1180 g/mol. The molecule has 18 heteroatoms. The van der Waals surface area contributed by atoms with E-state index >= 15 is 8.78 Å². The van der Waals surface area contributed by atoms with Crippen molar-refractivity contribution in [2.45, 2.75) is 169 Å². The van der Waals surface area contributed by atoms with Crippen molar-refractivity contribution >= 4 is 98.6 Å². The largest absolute Gasteiger partial charge is 0.478 e. The maximum absolute atomic E-state index is 16.3. The number of oxazole rings is 1. The molecular weight excluding hydrogens is 1090 g/mol. The van der Waals surface area contributed by atoms with Crippen LogP contribution in [-0.2, 0) is 14.8 Å². The molecule has 0 spiro atoms. The number of amides is 1. The van der Waals surface area contributed by atoms with Gasteiger partial charge in [0.1, 0.15) is 21.5 Å². The van der Waals surface area contributed by atoms with Crippen LogP contribution in [0.5, 0.6) is 5.75 Å². The van der Waals surface area contributed by atoms with Crippen LogP contribution in [0.2, 0.25) is 5.02 Å². The molecule has 81 heavy (non-hydrogen) atoms. The van der Waals surface area contributed by atoms with Gasteiger partial charge in [0.15, 0.2) is 29.5 Å². The summed E-state index contributed by atoms with van der Waals surface area (Å²) in [5, 5.41) is 14.5. The predicted octanol–water partition coefficient (Wildman–Crippen LogP) is 17.0. The number of hydrogen-bond donors (Lipinski definition) is 3. The summed E-state index contributed by atoms with van der Waals surface area (Å²) in [6.07, 6.45) is 8.20. The Hall–Kier alpha value is -6.01. The van der Waals surface area contributed by atoms with Gasteiger partial charge in [0, 0.05) is 78.1 Å². The molecule has 4 heterocycles. The van der Waals surface area contributed by atoms with Crippen molar-refractivity contribution in [2.75, 3.05) is 41.8 Å². The van der Waals surface area contributed by atoms with E-state index in [4.69, 9.17) is 25.7 Å². The molecule has 0 aliphatic carbocycles. The van der Waals surface area contributed by atoms with Crippen molar-refractivity contribution < 1.29 is 42.2 Å². The maximum atomic E-state index is 16.3. The van der Waals surface area contributed by atoms with Crippen LogP contribution < -0.4 is 25.2 Å². The van der Waals surface area contributed by atoms with E-state index in [1.165, 1.54) is 38.6 Å². The number of benzene rings is 4. The van der Waals surface area contributed by atoms with Crippen molar-refractivity contribution in [3.63, 3.8) is 0 Å². The Morgan fingerprint density at radius 2 is 1.64 bits per heavy atom. The highest BCUT2D eigenvalue weighted by molar-refractivity contribution is 7.97. The maximum Gasteiger partial charge on any atom is 0.347 e. The molecule has 13 nitrogen and oxygen atoms in total. The molecule has 2 atom stereocenters. The van der Waals surface area contributed by atoms with Gasteiger partial charge in [-0.25, -0.2) is 9.10 Å². The zero-order valence-corrected chi connectivity index (χ0v) is 52.2. The van der Waals surface area contributed by atoms with E-state index in [9.17, 15) is 24.3 Å². The summed E-state index contributed by atoms with van der Waals surface area (Å²) in [4.78, 5) is 58.6. The number of nitrogens with zero attached hydrogens (tertiary/aromatic N) is 4. The number of hydrogen-bond acceptors (Lipinski definition) is 13. The van der Waals surface area contributed by atoms with E-state index < -0.39 is 28.4 Å². The lowest BCUT2D eigenvalue weighted by molar-refractivity contribution is -0.152. The first-order valence-corrected chi connectivity index (χ1v) is 30.4. The van der Waals surface area contributed by atoms with Crippen molar-refractivity contribution in [1.29, 1.82) is 0 Å². The van der Waals surface area contributed by atoms with E-state index in [1.807, 2.05) is 122 Å². The number of thiophene rings is 1. The quantitative estimate of drug-likeness (QED) is 0.0520. The first-order chi connectivity index (χ1) is 38.7. The number of rotatable bonds is 19. The molecule has 6 aromatic rings.